The monoisotopic (exact) mass is 355 g/mol. The van der Waals surface area contributed by atoms with Crippen molar-refractivity contribution >= 4 is 11.8 Å². The Balaban J connectivity index is 0.000000715. The number of anilines is 1. The topological polar surface area (TPSA) is 95.2 Å². The lowest BCUT2D eigenvalue weighted by atomic mass is 10.2. The van der Waals surface area contributed by atoms with Gasteiger partial charge in [-0.05, 0) is 52.8 Å². The summed E-state index contributed by atoms with van der Waals surface area (Å²) in [6, 6.07) is 5.83. The van der Waals surface area contributed by atoms with Crippen molar-refractivity contribution in [3.8, 4) is 0 Å². The Bertz CT molecular complexity index is 517. The van der Waals surface area contributed by atoms with E-state index in [0.717, 1.165) is 31.9 Å². The summed E-state index contributed by atoms with van der Waals surface area (Å²) in [5, 5.41) is 3.38. The van der Waals surface area contributed by atoms with E-state index in [-0.39, 0.29) is 11.1 Å². The van der Waals surface area contributed by atoms with Crippen molar-refractivity contribution in [1.29, 1.82) is 0 Å². The summed E-state index contributed by atoms with van der Waals surface area (Å²) in [4.78, 5) is 18.1. The van der Waals surface area contributed by atoms with E-state index in [1.54, 1.807) is 13.2 Å². The standard InChI is InChI=1S/C13H19N3O2.C5H12O.H2O/c1-10-9-14-7-4-8-16(10)12-6-3-5-11(15-12)13(17)18-2;1-5(2,3)6-4;/h3,5-6,10,14H,4,7-9H2,1-2H3;1-4H3;1H2/t10-;;/m0../s1. The van der Waals surface area contributed by atoms with E-state index in [9.17, 15) is 4.79 Å². The largest absolute Gasteiger partial charge is 0.464 e. The van der Waals surface area contributed by atoms with Gasteiger partial charge in [-0.15, -0.1) is 0 Å². The lowest BCUT2D eigenvalue weighted by Crippen LogP contribution is -2.38. The minimum Gasteiger partial charge on any atom is -0.464 e. The Morgan fingerprint density at radius 2 is 1.96 bits per heavy atom. The molecule has 0 bridgehead atoms. The van der Waals surface area contributed by atoms with Gasteiger partial charge in [0.05, 0.1) is 12.7 Å². The van der Waals surface area contributed by atoms with Gasteiger partial charge < -0.3 is 25.2 Å². The van der Waals surface area contributed by atoms with Crippen molar-refractivity contribution in [1.82, 2.24) is 10.3 Å². The molecule has 0 unspecified atom stereocenters. The number of carbonyl (C=O) groups is 1. The van der Waals surface area contributed by atoms with Gasteiger partial charge in [0, 0.05) is 26.2 Å². The van der Waals surface area contributed by atoms with Crippen molar-refractivity contribution in [2.45, 2.75) is 45.8 Å². The molecule has 25 heavy (non-hydrogen) atoms. The normalized spacial score (nSPS) is 17.5. The maximum atomic E-state index is 11.5. The smallest absolute Gasteiger partial charge is 0.356 e. The van der Waals surface area contributed by atoms with Crippen molar-refractivity contribution in [3.63, 3.8) is 0 Å². The molecule has 144 valence electrons. The molecule has 1 aromatic heterocycles. The van der Waals surface area contributed by atoms with Gasteiger partial charge in [-0.1, -0.05) is 6.07 Å². The van der Waals surface area contributed by atoms with Crippen LogP contribution in [0.2, 0.25) is 0 Å². The van der Waals surface area contributed by atoms with Crippen LogP contribution in [0.5, 0.6) is 0 Å². The number of ether oxygens (including phenoxy) is 2. The number of pyridine rings is 1. The van der Waals surface area contributed by atoms with Crippen LogP contribution in [0.4, 0.5) is 5.82 Å². The predicted octanol–water partition coefficient (Wildman–Crippen LogP) is 1.66. The Hall–Kier alpha value is -1.70. The third-order valence-corrected chi connectivity index (χ3v) is 3.76. The molecule has 2 rings (SSSR count). The van der Waals surface area contributed by atoms with E-state index in [1.807, 2.05) is 32.9 Å². The Morgan fingerprint density at radius 1 is 1.32 bits per heavy atom. The molecule has 0 amide bonds. The summed E-state index contributed by atoms with van der Waals surface area (Å²) in [5.41, 5.74) is 0.402. The number of esters is 1. The van der Waals surface area contributed by atoms with Crippen molar-refractivity contribution < 1.29 is 19.7 Å². The van der Waals surface area contributed by atoms with E-state index in [2.05, 4.69) is 22.1 Å². The number of rotatable bonds is 2. The van der Waals surface area contributed by atoms with Crippen molar-refractivity contribution in [3.05, 3.63) is 23.9 Å². The Morgan fingerprint density at radius 3 is 2.52 bits per heavy atom. The highest BCUT2D eigenvalue weighted by Crippen LogP contribution is 2.16. The molecule has 1 saturated heterocycles. The highest BCUT2D eigenvalue weighted by atomic mass is 16.5. The third kappa shape index (κ3) is 8.29. The maximum Gasteiger partial charge on any atom is 0.356 e. The van der Waals surface area contributed by atoms with E-state index in [1.165, 1.54) is 7.11 Å². The van der Waals surface area contributed by atoms with E-state index in [4.69, 9.17) is 9.47 Å². The molecule has 3 N–H and O–H groups in total. The molecule has 7 heteroatoms. The zero-order chi connectivity index (χ0) is 18.2. The molecule has 1 atom stereocenters. The lowest BCUT2D eigenvalue weighted by molar-refractivity contribution is 0.0397. The molecular formula is C18H33N3O4. The fourth-order valence-corrected chi connectivity index (χ4v) is 2.16. The molecular weight excluding hydrogens is 322 g/mol. The van der Waals surface area contributed by atoms with Gasteiger partial charge in [0.2, 0.25) is 0 Å². The molecule has 0 saturated carbocycles. The number of carbonyl (C=O) groups excluding carboxylic acids is 1. The van der Waals surface area contributed by atoms with Gasteiger partial charge in [-0.3, -0.25) is 0 Å². The van der Waals surface area contributed by atoms with Crippen LogP contribution in [0.25, 0.3) is 0 Å². The van der Waals surface area contributed by atoms with Gasteiger partial charge >= 0.3 is 5.97 Å². The summed E-state index contributed by atoms with van der Waals surface area (Å²) in [5.74, 6) is 0.451. The first-order valence-electron chi connectivity index (χ1n) is 8.36. The summed E-state index contributed by atoms with van der Waals surface area (Å²) >= 11 is 0. The van der Waals surface area contributed by atoms with E-state index in [0.29, 0.717) is 11.7 Å². The van der Waals surface area contributed by atoms with Crippen LogP contribution < -0.4 is 10.2 Å². The molecule has 1 aromatic rings. The summed E-state index contributed by atoms with van der Waals surface area (Å²) in [6.07, 6.45) is 1.08. The highest BCUT2D eigenvalue weighted by Gasteiger charge is 2.19. The van der Waals surface area contributed by atoms with E-state index < -0.39 is 5.97 Å². The van der Waals surface area contributed by atoms with Crippen molar-refractivity contribution in [2.24, 2.45) is 0 Å². The summed E-state index contributed by atoms with van der Waals surface area (Å²) < 4.78 is 9.64. The van der Waals surface area contributed by atoms with Crippen LogP contribution >= 0.6 is 0 Å². The van der Waals surface area contributed by atoms with Gasteiger partial charge in [0.15, 0.2) is 5.69 Å². The SMILES string of the molecule is COC(=O)c1cccc(N2CCCNC[C@@H]2C)n1.COC(C)(C)C.O. The van der Waals surface area contributed by atoms with Crippen molar-refractivity contribution in [2.75, 3.05) is 38.8 Å². The van der Waals surface area contributed by atoms with Crippen LogP contribution in [0.3, 0.4) is 0 Å². The predicted molar refractivity (Wildman–Crippen MR) is 100 cm³/mol. The fraction of sp³-hybridized carbons (Fsp3) is 0.667. The molecule has 7 nitrogen and oxygen atoms in total. The van der Waals surface area contributed by atoms with Crippen LogP contribution in [0.15, 0.2) is 18.2 Å². The fourth-order valence-electron chi connectivity index (χ4n) is 2.16. The zero-order valence-corrected chi connectivity index (χ0v) is 16.3. The quantitative estimate of drug-likeness (QED) is 0.811. The maximum absolute atomic E-state index is 11.5. The number of nitrogens with one attached hydrogen (secondary N) is 1. The second-order valence-corrected chi connectivity index (χ2v) is 6.79. The van der Waals surface area contributed by atoms with Crippen LogP contribution in [-0.4, -0.2) is 61.9 Å². The molecule has 1 aliphatic rings. The number of aromatic nitrogens is 1. The average Bonchev–Trinajstić information content (AvgIpc) is 2.78. The van der Waals surface area contributed by atoms with Gasteiger partial charge in [-0.2, -0.15) is 0 Å². The average molecular weight is 355 g/mol. The highest BCUT2D eigenvalue weighted by molar-refractivity contribution is 5.87. The third-order valence-electron chi connectivity index (χ3n) is 3.76. The molecule has 0 radical (unpaired) electrons. The second kappa shape index (κ2) is 11.0. The first-order valence-corrected chi connectivity index (χ1v) is 8.36. The lowest BCUT2D eigenvalue weighted by Gasteiger charge is -2.28. The van der Waals surface area contributed by atoms with Crippen LogP contribution in [-0.2, 0) is 9.47 Å². The first-order chi connectivity index (χ1) is 11.3. The van der Waals surface area contributed by atoms with Crippen LogP contribution in [0.1, 0.15) is 44.6 Å². The number of hydrogen-bond acceptors (Lipinski definition) is 6. The zero-order valence-electron chi connectivity index (χ0n) is 16.3. The molecule has 2 heterocycles. The molecule has 0 spiro atoms. The van der Waals surface area contributed by atoms with Crippen LogP contribution in [0, 0.1) is 0 Å². The second-order valence-electron chi connectivity index (χ2n) is 6.79. The number of hydrogen-bond donors (Lipinski definition) is 1. The van der Waals surface area contributed by atoms with Gasteiger partial charge in [-0.25, -0.2) is 9.78 Å². The Labute approximate surface area is 151 Å². The first kappa shape index (κ1) is 23.3. The van der Waals surface area contributed by atoms with E-state index >= 15 is 0 Å². The molecule has 1 fully saturated rings. The Kier molecular flexibility index (Phi) is 10.3. The molecule has 0 aliphatic carbocycles. The molecule has 1 aliphatic heterocycles. The minimum atomic E-state index is -0.391. The number of methoxy groups -OCH3 is 2. The number of nitrogens with zero attached hydrogens (tertiary/aromatic N) is 2. The van der Waals surface area contributed by atoms with Gasteiger partial charge in [0.1, 0.15) is 5.82 Å². The summed E-state index contributed by atoms with van der Waals surface area (Å²) in [7, 11) is 3.08. The molecule has 0 aromatic carbocycles. The minimum absolute atomic E-state index is 0. The summed E-state index contributed by atoms with van der Waals surface area (Å²) in [6.45, 7) is 11.1. The van der Waals surface area contributed by atoms with Gasteiger partial charge in [0.25, 0.3) is 0 Å².